The number of rotatable bonds is 9. The first-order valence-corrected chi connectivity index (χ1v) is 11.5. The maximum absolute atomic E-state index is 13.9. The van der Waals surface area contributed by atoms with Crippen LogP contribution in [-0.4, -0.2) is 45.6 Å². The van der Waals surface area contributed by atoms with E-state index >= 15 is 0 Å². The van der Waals surface area contributed by atoms with Gasteiger partial charge in [-0.25, -0.2) is 22.8 Å². The normalized spacial score (nSPS) is 16.5. The molecule has 40 heavy (non-hydrogen) atoms. The number of alkyl halides is 8. The fourth-order valence-corrected chi connectivity index (χ4v) is 3.54. The molecule has 1 aromatic heterocycles. The van der Waals surface area contributed by atoms with Crippen LogP contribution in [0.5, 0.6) is 5.88 Å². The third-order valence-corrected chi connectivity index (χ3v) is 5.94. The van der Waals surface area contributed by atoms with Crippen LogP contribution >= 0.6 is 11.6 Å². The second kappa shape index (κ2) is 10.6. The van der Waals surface area contributed by atoms with Crippen LogP contribution in [0.1, 0.15) is 41.3 Å². The highest BCUT2D eigenvalue weighted by molar-refractivity contribution is 6.34. The van der Waals surface area contributed by atoms with E-state index in [1.165, 1.54) is 18.2 Å². The van der Waals surface area contributed by atoms with Crippen molar-refractivity contribution in [2.45, 2.75) is 49.7 Å². The Bertz CT molecular complexity index is 1400. The minimum absolute atomic E-state index is 0.0131. The van der Waals surface area contributed by atoms with Crippen molar-refractivity contribution >= 4 is 35.1 Å². The predicted molar refractivity (Wildman–Crippen MR) is 126 cm³/mol. The largest absolute Gasteiger partial charge is 0.437 e. The van der Waals surface area contributed by atoms with Crippen molar-refractivity contribution in [1.82, 2.24) is 15.1 Å². The van der Waals surface area contributed by atoms with Gasteiger partial charge in [-0.1, -0.05) is 17.7 Å². The van der Waals surface area contributed by atoms with Crippen molar-refractivity contribution in [2.75, 3.05) is 0 Å². The van der Waals surface area contributed by atoms with Crippen molar-refractivity contribution in [1.29, 1.82) is 5.26 Å². The Morgan fingerprint density at radius 1 is 1.30 bits per heavy atom. The molecule has 1 amide bonds. The minimum Gasteiger partial charge on any atom is -0.410 e. The van der Waals surface area contributed by atoms with E-state index in [4.69, 9.17) is 17.3 Å². The summed E-state index contributed by atoms with van der Waals surface area (Å²) in [6.07, 6.45) is -12.6. The quantitative estimate of drug-likeness (QED) is 0.290. The molecule has 3 rings (SSSR count). The third kappa shape index (κ3) is 6.46. The van der Waals surface area contributed by atoms with Crippen LogP contribution in [0, 0.1) is 11.3 Å². The Balaban J connectivity index is 1.97. The summed E-state index contributed by atoms with van der Waals surface area (Å²) < 4.78 is 113. The number of hydrogen-bond donors (Lipinski definition) is 2. The Kier molecular flexibility index (Phi) is 8.13. The van der Waals surface area contributed by atoms with Gasteiger partial charge in [-0.05, 0) is 30.5 Å². The van der Waals surface area contributed by atoms with Gasteiger partial charge in [0.2, 0.25) is 0 Å². The molecule has 1 saturated carbocycles. The zero-order valence-corrected chi connectivity index (χ0v) is 21.2. The summed E-state index contributed by atoms with van der Waals surface area (Å²) in [5, 5.41) is 14.8. The lowest BCUT2D eigenvalue weighted by atomic mass is 10.0. The molecule has 2 aromatic rings. The molecule has 0 aliphatic heterocycles. The van der Waals surface area contributed by atoms with E-state index in [1.54, 1.807) is 0 Å². The number of nitrogens with two attached hydrogens (primary N) is 1. The first-order valence-electron chi connectivity index (χ1n) is 11.1. The molecule has 17 heteroatoms. The first kappa shape index (κ1) is 30.7. The number of nitrogens with zero attached hydrogens (tertiary/aromatic N) is 4. The molecule has 1 aromatic carbocycles. The lowest BCUT2D eigenvalue weighted by molar-refractivity contribution is -0.269. The second-order valence-corrected chi connectivity index (χ2v) is 9.24. The fraction of sp³-hybridized carbons (Fsp3) is 0.391. The highest BCUT2D eigenvalue weighted by atomic mass is 35.5. The van der Waals surface area contributed by atoms with Gasteiger partial charge in [0.05, 0.1) is 16.7 Å². The van der Waals surface area contributed by atoms with Gasteiger partial charge in [-0.2, -0.15) is 27.2 Å². The molecule has 1 aliphatic carbocycles. The minimum atomic E-state index is -5.45. The fourth-order valence-electron chi connectivity index (χ4n) is 3.33. The highest BCUT2D eigenvalue weighted by Gasteiger charge is 2.57. The molecule has 1 atom stereocenters. The number of hydrogen-bond acceptors (Lipinski definition) is 6. The van der Waals surface area contributed by atoms with Gasteiger partial charge >= 0.3 is 12.3 Å². The summed E-state index contributed by atoms with van der Waals surface area (Å²) in [5.41, 5.74) is 2.52. The molecular weight excluding hydrogens is 580 g/mol. The number of aliphatic imine (C=N–C) groups is 1. The number of carbonyl (C=O) groups is 1. The maximum Gasteiger partial charge on any atom is 0.437 e. The second-order valence-electron chi connectivity index (χ2n) is 8.83. The Hall–Kier alpha value is -3.87. The van der Waals surface area contributed by atoms with Crippen LogP contribution in [0.2, 0.25) is 5.02 Å². The number of carbonyl (C=O) groups excluding carboxylic acids is 1. The molecule has 0 spiro atoms. The summed E-state index contributed by atoms with van der Waals surface area (Å²) >= 11 is 6.09. The Labute approximate surface area is 226 Å². The zero-order valence-electron chi connectivity index (χ0n) is 20.5. The van der Waals surface area contributed by atoms with Gasteiger partial charge in [-0.3, -0.25) is 4.79 Å². The highest BCUT2D eigenvalue weighted by Crippen LogP contribution is 2.45. The summed E-state index contributed by atoms with van der Waals surface area (Å²) in [7, 11) is 0.855. The van der Waals surface area contributed by atoms with Gasteiger partial charge in [0.1, 0.15) is 5.54 Å². The summed E-state index contributed by atoms with van der Waals surface area (Å²) in [5.74, 6) is -8.36. The Morgan fingerprint density at radius 3 is 2.42 bits per heavy atom. The molecule has 1 aliphatic rings. The molecule has 0 bridgehead atoms. The first-order chi connectivity index (χ1) is 18.3. The van der Waals surface area contributed by atoms with Crippen molar-refractivity contribution in [3.63, 3.8) is 0 Å². The smallest absolute Gasteiger partial charge is 0.410 e. The van der Waals surface area contributed by atoms with Gasteiger partial charge < -0.3 is 15.8 Å². The van der Waals surface area contributed by atoms with Gasteiger partial charge in [0, 0.05) is 32.0 Å². The predicted octanol–water partition coefficient (Wildman–Crippen LogP) is 5.55. The van der Waals surface area contributed by atoms with E-state index in [-0.39, 0.29) is 28.6 Å². The van der Waals surface area contributed by atoms with E-state index < -0.39 is 53.1 Å². The molecule has 0 saturated heterocycles. The summed E-state index contributed by atoms with van der Waals surface area (Å²) in [6.45, 7) is -0.201. The van der Waals surface area contributed by atoms with Crippen LogP contribution < -0.4 is 15.8 Å². The van der Waals surface area contributed by atoms with Crippen molar-refractivity contribution in [2.24, 2.45) is 17.8 Å². The van der Waals surface area contributed by atoms with Gasteiger partial charge in [0.15, 0.2) is 11.4 Å². The third-order valence-electron chi connectivity index (χ3n) is 5.61. The number of benzene rings is 1. The summed E-state index contributed by atoms with van der Waals surface area (Å²) in [6, 6.07) is 5.82. The average Bonchev–Trinajstić information content (AvgIpc) is 3.54. The molecule has 216 valence electrons. The van der Waals surface area contributed by atoms with Crippen LogP contribution in [0.3, 0.4) is 0 Å². The van der Waals surface area contributed by atoms with Crippen LogP contribution in [0.25, 0.3) is 5.57 Å². The summed E-state index contributed by atoms with van der Waals surface area (Å²) in [4.78, 5) is 16.2. The number of aryl methyl sites for hydroxylation is 1. The van der Waals surface area contributed by atoms with E-state index in [9.17, 15) is 45.2 Å². The number of halogens is 9. The van der Waals surface area contributed by atoms with E-state index in [0.29, 0.717) is 17.5 Å². The average molecular weight is 599 g/mol. The van der Waals surface area contributed by atoms with Crippen molar-refractivity contribution < 1.29 is 44.7 Å². The van der Waals surface area contributed by atoms with Gasteiger partial charge in [0.25, 0.3) is 23.9 Å². The molecule has 8 nitrogen and oxygen atoms in total. The maximum atomic E-state index is 13.9. The lowest BCUT2D eigenvalue weighted by Crippen LogP contribution is -2.46. The zero-order chi connectivity index (χ0) is 30.3. The molecule has 1 unspecified atom stereocenters. The molecule has 1 heterocycles. The Morgan fingerprint density at radius 2 is 1.93 bits per heavy atom. The number of nitriles is 1. The number of ether oxygens (including phenoxy) is 1. The van der Waals surface area contributed by atoms with Crippen LogP contribution in [0.15, 0.2) is 29.4 Å². The number of aromatic nitrogens is 2. The monoisotopic (exact) mass is 598 g/mol. The molecule has 3 N–H and O–H groups in total. The van der Waals surface area contributed by atoms with E-state index in [0.717, 1.165) is 19.5 Å². The topological polar surface area (TPSA) is 118 Å². The molecular formula is C23H19ClF8N6O2. The van der Waals surface area contributed by atoms with E-state index in [1.807, 2.05) is 6.07 Å². The molecule has 1 fully saturated rings. The van der Waals surface area contributed by atoms with Crippen molar-refractivity contribution in [3.05, 3.63) is 46.1 Å². The standard InChI is InChI=1S/C23H19ClF8N6O2/c1-20(26,27)19(25)23(31,32)40-18-15(22(28,29)30)16(38(2)37-18)35-9-12(8-33)11-3-4-14(24)13(7-11)17(39)36-21(10-34)5-6-21/h3-4,7-9,19H,5-6,33H2,1-2H3,(H,36,39). The lowest BCUT2D eigenvalue weighted by Gasteiger charge is -2.24. The van der Waals surface area contributed by atoms with Crippen molar-refractivity contribution in [3.8, 4) is 11.9 Å². The van der Waals surface area contributed by atoms with Crippen LogP contribution in [0.4, 0.5) is 40.9 Å². The molecule has 0 radical (unpaired) electrons. The number of amides is 1. The SMILES string of the molecule is Cn1nc(OC(F)(F)C(F)C(C)(F)F)c(C(F)(F)F)c1N=CC(=CN)c1ccc(Cl)c(C(=O)NC2(C#N)CC2)c1. The number of nitrogens with one attached hydrogen (secondary N) is 1. The van der Waals surface area contributed by atoms with Crippen LogP contribution in [-0.2, 0) is 13.2 Å². The van der Waals surface area contributed by atoms with Gasteiger partial charge in [-0.15, -0.1) is 5.10 Å². The van der Waals surface area contributed by atoms with E-state index in [2.05, 4.69) is 20.1 Å². The number of allylic oxidation sites excluding steroid dienone is 1.